The molecule has 0 saturated heterocycles. The van der Waals surface area contributed by atoms with E-state index in [-0.39, 0.29) is 11.6 Å². The molecule has 0 N–H and O–H groups in total. The first kappa shape index (κ1) is 7.97. The summed E-state index contributed by atoms with van der Waals surface area (Å²) in [6.07, 6.45) is 3.24. The largest absolute Gasteiger partial charge is 0.268 e. The van der Waals surface area contributed by atoms with Crippen LogP contribution in [0.2, 0.25) is 0 Å². The summed E-state index contributed by atoms with van der Waals surface area (Å²) in [7, 11) is 1.70. The second kappa shape index (κ2) is 2.69. The second-order valence-electron chi connectivity index (χ2n) is 2.80. The highest BCUT2D eigenvalue weighted by Crippen LogP contribution is 2.13. The van der Waals surface area contributed by atoms with Gasteiger partial charge in [-0.05, 0) is 13.0 Å². The van der Waals surface area contributed by atoms with Gasteiger partial charge in [0.1, 0.15) is 0 Å². The van der Waals surface area contributed by atoms with E-state index >= 15 is 0 Å². The van der Waals surface area contributed by atoms with Gasteiger partial charge in [-0.3, -0.25) is 4.68 Å². The van der Waals surface area contributed by atoms with E-state index < -0.39 is 0 Å². The molecule has 0 spiro atoms. The average Bonchev–Trinajstić information content (AvgIpc) is 2.70. The molecule has 0 aromatic carbocycles. The van der Waals surface area contributed by atoms with E-state index in [0.717, 1.165) is 0 Å². The van der Waals surface area contributed by atoms with Gasteiger partial charge in [0.15, 0.2) is 5.82 Å². The van der Waals surface area contributed by atoms with Crippen molar-refractivity contribution < 1.29 is 4.39 Å². The minimum atomic E-state index is -0.328. The van der Waals surface area contributed by atoms with Gasteiger partial charge in [0.05, 0.1) is 5.69 Å². The van der Waals surface area contributed by atoms with Crippen LogP contribution in [0.4, 0.5) is 4.39 Å². The molecule has 2 aromatic rings. The zero-order chi connectivity index (χ0) is 9.42. The molecule has 68 valence electrons. The Morgan fingerprint density at radius 2 is 2.23 bits per heavy atom. The lowest BCUT2D eigenvalue weighted by molar-refractivity contribution is 0.599. The summed E-state index contributed by atoms with van der Waals surface area (Å²) in [5, 5.41) is 7.90. The van der Waals surface area contributed by atoms with Crippen LogP contribution in [0.25, 0.3) is 5.82 Å². The highest BCUT2D eigenvalue weighted by atomic mass is 19.1. The molecule has 0 radical (unpaired) electrons. The SMILES string of the molecule is Cc1c(F)c(-n2cccn2)nn1C. The molecule has 2 aromatic heterocycles. The average molecular weight is 180 g/mol. The molecule has 4 nitrogen and oxygen atoms in total. The Balaban J connectivity index is 2.59. The van der Waals surface area contributed by atoms with Crippen LogP contribution >= 0.6 is 0 Å². The van der Waals surface area contributed by atoms with E-state index in [0.29, 0.717) is 5.69 Å². The summed E-state index contributed by atoms with van der Waals surface area (Å²) >= 11 is 0. The highest BCUT2D eigenvalue weighted by Gasteiger charge is 2.13. The minimum absolute atomic E-state index is 0.241. The lowest BCUT2D eigenvalue weighted by atomic mass is 10.4. The number of aryl methyl sites for hydroxylation is 1. The van der Waals surface area contributed by atoms with Gasteiger partial charge in [-0.2, -0.15) is 5.10 Å². The summed E-state index contributed by atoms with van der Waals surface area (Å²) in [6.45, 7) is 1.68. The quantitative estimate of drug-likeness (QED) is 0.657. The minimum Gasteiger partial charge on any atom is -0.268 e. The molecule has 0 saturated carbocycles. The number of nitrogens with zero attached hydrogens (tertiary/aromatic N) is 4. The Morgan fingerprint density at radius 1 is 1.46 bits per heavy atom. The normalized spacial score (nSPS) is 10.7. The van der Waals surface area contributed by atoms with Crippen LogP contribution in [-0.4, -0.2) is 19.6 Å². The number of halogens is 1. The second-order valence-corrected chi connectivity index (χ2v) is 2.80. The highest BCUT2D eigenvalue weighted by molar-refractivity contribution is 5.25. The van der Waals surface area contributed by atoms with Crippen LogP contribution in [-0.2, 0) is 7.05 Å². The topological polar surface area (TPSA) is 35.6 Å². The fourth-order valence-corrected chi connectivity index (χ4v) is 1.11. The van der Waals surface area contributed by atoms with Crippen LogP contribution in [0.5, 0.6) is 0 Å². The molecule has 0 aliphatic rings. The Bertz CT molecular complexity index is 416. The molecule has 0 aliphatic carbocycles. The first-order valence-corrected chi connectivity index (χ1v) is 3.89. The van der Waals surface area contributed by atoms with Crippen LogP contribution < -0.4 is 0 Å². The van der Waals surface area contributed by atoms with Crippen LogP contribution in [0.3, 0.4) is 0 Å². The third kappa shape index (κ3) is 1.12. The van der Waals surface area contributed by atoms with E-state index in [2.05, 4.69) is 10.2 Å². The predicted molar refractivity (Wildman–Crippen MR) is 45.0 cm³/mol. The van der Waals surface area contributed by atoms with Gasteiger partial charge in [-0.15, -0.1) is 5.10 Å². The van der Waals surface area contributed by atoms with Gasteiger partial charge in [-0.25, -0.2) is 9.07 Å². The maximum absolute atomic E-state index is 13.4. The van der Waals surface area contributed by atoms with Gasteiger partial charge in [0.2, 0.25) is 5.82 Å². The van der Waals surface area contributed by atoms with Crippen molar-refractivity contribution in [3.05, 3.63) is 30.0 Å². The molecule has 5 heteroatoms. The van der Waals surface area contributed by atoms with E-state index in [9.17, 15) is 4.39 Å². The molecular formula is C8H9FN4. The lowest BCUT2D eigenvalue weighted by Crippen LogP contribution is -1.98. The third-order valence-electron chi connectivity index (χ3n) is 1.97. The maximum atomic E-state index is 13.4. The number of aromatic nitrogens is 4. The molecule has 0 unspecified atom stereocenters. The summed E-state index contributed by atoms with van der Waals surface area (Å²) in [4.78, 5) is 0. The summed E-state index contributed by atoms with van der Waals surface area (Å²) in [6, 6.07) is 1.73. The lowest BCUT2D eigenvalue weighted by Gasteiger charge is -1.93. The van der Waals surface area contributed by atoms with E-state index in [4.69, 9.17) is 0 Å². The number of hydrogen-bond donors (Lipinski definition) is 0. The van der Waals surface area contributed by atoms with Crippen molar-refractivity contribution in [1.29, 1.82) is 0 Å². The first-order chi connectivity index (χ1) is 6.20. The molecule has 0 fully saturated rings. The van der Waals surface area contributed by atoms with Gasteiger partial charge in [0.25, 0.3) is 0 Å². The number of hydrogen-bond acceptors (Lipinski definition) is 2. The van der Waals surface area contributed by atoms with Crippen molar-refractivity contribution in [3.63, 3.8) is 0 Å². The molecule has 0 atom stereocenters. The fraction of sp³-hybridized carbons (Fsp3) is 0.250. The molecule has 13 heavy (non-hydrogen) atoms. The Morgan fingerprint density at radius 3 is 2.69 bits per heavy atom. The molecular weight excluding hydrogens is 171 g/mol. The fourth-order valence-electron chi connectivity index (χ4n) is 1.11. The zero-order valence-electron chi connectivity index (χ0n) is 7.40. The van der Waals surface area contributed by atoms with Crippen molar-refractivity contribution in [2.75, 3.05) is 0 Å². The molecule has 0 bridgehead atoms. The third-order valence-corrected chi connectivity index (χ3v) is 1.97. The standard InChI is InChI=1S/C8H9FN4/c1-6-7(9)8(11-12(6)2)13-5-3-4-10-13/h3-5H,1-2H3. The first-order valence-electron chi connectivity index (χ1n) is 3.89. The monoisotopic (exact) mass is 180 g/mol. The van der Waals surface area contributed by atoms with Crippen molar-refractivity contribution in [3.8, 4) is 5.82 Å². The van der Waals surface area contributed by atoms with Crippen LogP contribution in [0.15, 0.2) is 18.5 Å². The molecule has 0 aliphatic heterocycles. The van der Waals surface area contributed by atoms with Crippen LogP contribution in [0.1, 0.15) is 5.69 Å². The summed E-state index contributed by atoms with van der Waals surface area (Å²) in [5.74, 6) is -0.0869. The predicted octanol–water partition coefficient (Wildman–Crippen LogP) is 1.05. The summed E-state index contributed by atoms with van der Waals surface area (Å²) < 4.78 is 16.3. The number of rotatable bonds is 1. The van der Waals surface area contributed by atoms with Gasteiger partial charge >= 0.3 is 0 Å². The van der Waals surface area contributed by atoms with Crippen molar-refractivity contribution in [2.45, 2.75) is 6.92 Å². The molecule has 2 heterocycles. The van der Waals surface area contributed by atoms with Crippen LogP contribution in [0, 0.1) is 12.7 Å². The van der Waals surface area contributed by atoms with E-state index in [1.807, 2.05) is 0 Å². The maximum Gasteiger partial charge on any atom is 0.211 e. The van der Waals surface area contributed by atoms with Gasteiger partial charge in [0, 0.05) is 19.4 Å². The van der Waals surface area contributed by atoms with Gasteiger partial charge in [-0.1, -0.05) is 0 Å². The zero-order valence-corrected chi connectivity index (χ0v) is 7.40. The van der Waals surface area contributed by atoms with Gasteiger partial charge < -0.3 is 0 Å². The van der Waals surface area contributed by atoms with E-state index in [1.165, 1.54) is 9.36 Å². The van der Waals surface area contributed by atoms with Crippen molar-refractivity contribution in [1.82, 2.24) is 19.6 Å². The van der Waals surface area contributed by atoms with Crippen molar-refractivity contribution in [2.24, 2.45) is 7.05 Å². The smallest absolute Gasteiger partial charge is 0.211 e. The Labute approximate surface area is 74.6 Å². The van der Waals surface area contributed by atoms with E-state index in [1.54, 1.807) is 32.4 Å². The van der Waals surface area contributed by atoms with Crippen molar-refractivity contribution >= 4 is 0 Å². The summed E-state index contributed by atoms with van der Waals surface area (Å²) in [5.41, 5.74) is 0.505. The Hall–Kier alpha value is -1.65. The Kier molecular flexibility index (Phi) is 1.65. The molecule has 2 rings (SSSR count). The molecule has 0 amide bonds.